The van der Waals surface area contributed by atoms with Crippen molar-refractivity contribution in [2.75, 3.05) is 7.11 Å². The number of hydrogen-bond acceptors (Lipinski definition) is 3. The molecule has 1 aromatic heterocycles. The lowest BCUT2D eigenvalue weighted by molar-refractivity contribution is 0.246. The second-order valence-electron chi connectivity index (χ2n) is 5.46. The zero-order valence-corrected chi connectivity index (χ0v) is 11.7. The monoisotopic (exact) mass is 251 g/mol. The third-order valence-electron chi connectivity index (χ3n) is 4.25. The Balaban J connectivity index is 2.17. The second kappa shape index (κ2) is 5.74. The predicted molar refractivity (Wildman–Crippen MR) is 72.5 cm³/mol. The summed E-state index contributed by atoms with van der Waals surface area (Å²) in [5.74, 6) is 2.26. The summed E-state index contributed by atoms with van der Waals surface area (Å²) in [5, 5.41) is 4.35. The van der Waals surface area contributed by atoms with Gasteiger partial charge in [-0.3, -0.25) is 4.68 Å². The van der Waals surface area contributed by atoms with Crippen molar-refractivity contribution < 1.29 is 4.74 Å². The summed E-state index contributed by atoms with van der Waals surface area (Å²) in [4.78, 5) is 0. The van der Waals surface area contributed by atoms with E-state index in [-0.39, 0.29) is 6.04 Å². The number of aromatic nitrogens is 2. The third-order valence-corrected chi connectivity index (χ3v) is 4.25. The minimum absolute atomic E-state index is 0.0508. The van der Waals surface area contributed by atoms with E-state index in [9.17, 15) is 0 Å². The van der Waals surface area contributed by atoms with Gasteiger partial charge in [0.2, 0.25) is 0 Å². The van der Waals surface area contributed by atoms with E-state index in [2.05, 4.69) is 18.9 Å². The minimum atomic E-state index is 0.0508. The normalized spacial score (nSPS) is 26.0. The van der Waals surface area contributed by atoms with E-state index < -0.39 is 0 Å². The van der Waals surface area contributed by atoms with Gasteiger partial charge in [0, 0.05) is 6.54 Å². The molecule has 2 rings (SSSR count). The van der Waals surface area contributed by atoms with Gasteiger partial charge in [0.1, 0.15) is 0 Å². The number of nitrogens with zero attached hydrogens (tertiary/aromatic N) is 2. The van der Waals surface area contributed by atoms with E-state index in [1.165, 1.54) is 25.7 Å². The number of nitrogens with two attached hydrogens (primary N) is 1. The van der Waals surface area contributed by atoms with Crippen molar-refractivity contribution in [3.63, 3.8) is 0 Å². The Morgan fingerprint density at radius 2 is 2.11 bits per heavy atom. The van der Waals surface area contributed by atoms with E-state index in [0.717, 1.165) is 23.9 Å². The average Bonchev–Trinajstić information content (AvgIpc) is 2.81. The molecule has 1 unspecified atom stereocenters. The van der Waals surface area contributed by atoms with E-state index in [1.807, 2.05) is 4.68 Å². The van der Waals surface area contributed by atoms with Gasteiger partial charge in [0.15, 0.2) is 5.75 Å². The lowest BCUT2D eigenvalue weighted by atomic mass is 9.78. The van der Waals surface area contributed by atoms with Crippen molar-refractivity contribution in [1.29, 1.82) is 0 Å². The fourth-order valence-electron chi connectivity index (χ4n) is 2.99. The first kappa shape index (κ1) is 13.4. The van der Waals surface area contributed by atoms with Gasteiger partial charge >= 0.3 is 0 Å². The maximum Gasteiger partial charge on any atom is 0.161 e. The van der Waals surface area contributed by atoms with Gasteiger partial charge in [-0.25, -0.2) is 0 Å². The summed E-state index contributed by atoms with van der Waals surface area (Å²) < 4.78 is 7.37. The molecular formula is C14H25N3O. The van der Waals surface area contributed by atoms with Crippen LogP contribution in [0, 0.1) is 11.8 Å². The van der Waals surface area contributed by atoms with Crippen LogP contribution < -0.4 is 10.5 Å². The second-order valence-corrected chi connectivity index (χ2v) is 5.46. The van der Waals surface area contributed by atoms with Crippen LogP contribution in [0.25, 0.3) is 0 Å². The molecule has 1 aliphatic carbocycles. The highest BCUT2D eigenvalue weighted by Crippen LogP contribution is 2.38. The number of rotatable bonds is 4. The molecule has 4 nitrogen and oxygen atoms in total. The van der Waals surface area contributed by atoms with Crippen molar-refractivity contribution in [3.8, 4) is 5.75 Å². The molecule has 1 aliphatic rings. The zero-order valence-electron chi connectivity index (χ0n) is 11.7. The zero-order chi connectivity index (χ0) is 13.1. The molecule has 4 heteroatoms. The molecule has 1 saturated carbocycles. The molecule has 1 atom stereocenters. The summed E-state index contributed by atoms with van der Waals surface area (Å²) in [6.07, 6.45) is 6.81. The topological polar surface area (TPSA) is 53.1 Å². The molecule has 0 amide bonds. The minimum Gasteiger partial charge on any atom is -0.493 e. The molecule has 2 N–H and O–H groups in total. The Labute approximate surface area is 110 Å². The Kier molecular flexibility index (Phi) is 4.27. The molecule has 0 spiro atoms. The summed E-state index contributed by atoms with van der Waals surface area (Å²) >= 11 is 0. The highest BCUT2D eigenvalue weighted by Gasteiger charge is 2.29. The summed E-state index contributed by atoms with van der Waals surface area (Å²) in [6, 6.07) is 0.0508. The molecule has 0 saturated heterocycles. The van der Waals surface area contributed by atoms with Crippen LogP contribution in [0.1, 0.15) is 51.3 Å². The standard InChI is InChI=1S/C14H25N3O/c1-4-17-14(12(18-3)9-16-17)13(15)11-7-5-10(2)6-8-11/h9-11,13H,4-8,15H2,1-3H3. The Morgan fingerprint density at radius 3 is 2.67 bits per heavy atom. The largest absolute Gasteiger partial charge is 0.493 e. The van der Waals surface area contributed by atoms with Crippen molar-refractivity contribution in [2.24, 2.45) is 17.6 Å². The molecule has 1 fully saturated rings. The highest BCUT2D eigenvalue weighted by molar-refractivity contribution is 5.28. The van der Waals surface area contributed by atoms with Gasteiger partial charge in [-0.15, -0.1) is 0 Å². The number of methoxy groups -OCH3 is 1. The van der Waals surface area contributed by atoms with Gasteiger partial charge in [0.05, 0.1) is 25.0 Å². The van der Waals surface area contributed by atoms with Crippen molar-refractivity contribution in [3.05, 3.63) is 11.9 Å². The van der Waals surface area contributed by atoms with Crippen LogP contribution >= 0.6 is 0 Å². The maximum atomic E-state index is 6.47. The lowest BCUT2D eigenvalue weighted by Gasteiger charge is -2.31. The summed E-state index contributed by atoms with van der Waals surface area (Å²) in [7, 11) is 1.69. The Hall–Kier alpha value is -1.03. The van der Waals surface area contributed by atoms with Crippen LogP contribution in [-0.2, 0) is 6.54 Å². The molecule has 1 aromatic rings. The van der Waals surface area contributed by atoms with Crippen LogP contribution in [0.15, 0.2) is 6.20 Å². The number of aryl methyl sites for hydroxylation is 1. The van der Waals surface area contributed by atoms with Crippen LogP contribution in [-0.4, -0.2) is 16.9 Å². The van der Waals surface area contributed by atoms with E-state index in [1.54, 1.807) is 13.3 Å². The fraction of sp³-hybridized carbons (Fsp3) is 0.786. The van der Waals surface area contributed by atoms with Gasteiger partial charge in [0.25, 0.3) is 0 Å². The summed E-state index contributed by atoms with van der Waals surface area (Å²) in [6.45, 7) is 5.26. The van der Waals surface area contributed by atoms with Crippen molar-refractivity contribution in [2.45, 2.75) is 52.1 Å². The van der Waals surface area contributed by atoms with Crippen LogP contribution in [0.2, 0.25) is 0 Å². The predicted octanol–water partition coefficient (Wildman–Crippen LogP) is 2.74. The molecule has 1 heterocycles. The molecule has 0 radical (unpaired) electrons. The SMILES string of the molecule is CCn1ncc(OC)c1C(N)C1CCC(C)CC1. The molecule has 0 bridgehead atoms. The maximum absolute atomic E-state index is 6.47. The van der Waals surface area contributed by atoms with Crippen molar-refractivity contribution >= 4 is 0 Å². The Morgan fingerprint density at radius 1 is 1.44 bits per heavy atom. The summed E-state index contributed by atoms with van der Waals surface area (Å²) in [5.41, 5.74) is 7.54. The molecule has 18 heavy (non-hydrogen) atoms. The first-order valence-electron chi connectivity index (χ1n) is 7.02. The molecular weight excluding hydrogens is 226 g/mol. The third kappa shape index (κ3) is 2.53. The van der Waals surface area contributed by atoms with Gasteiger partial charge in [-0.2, -0.15) is 5.10 Å². The lowest BCUT2D eigenvalue weighted by Crippen LogP contribution is -2.28. The molecule has 0 aliphatic heterocycles. The van der Waals surface area contributed by atoms with E-state index in [0.29, 0.717) is 5.92 Å². The fourth-order valence-corrected chi connectivity index (χ4v) is 2.99. The highest BCUT2D eigenvalue weighted by atomic mass is 16.5. The first-order chi connectivity index (χ1) is 8.67. The van der Waals surface area contributed by atoms with Crippen LogP contribution in [0.3, 0.4) is 0 Å². The van der Waals surface area contributed by atoms with Crippen LogP contribution in [0.5, 0.6) is 5.75 Å². The number of ether oxygens (including phenoxy) is 1. The van der Waals surface area contributed by atoms with Gasteiger partial charge < -0.3 is 10.5 Å². The Bertz CT molecular complexity index is 359. The first-order valence-corrected chi connectivity index (χ1v) is 7.02. The van der Waals surface area contributed by atoms with E-state index in [4.69, 9.17) is 10.5 Å². The van der Waals surface area contributed by atoms with Gasteiger partial charge in [-0.05, 0) is 31.6 Å². The number of hydrogen-bond donors (Lipinski definition) is 1. The molecule has 102 valence electrons. The van der Waals surface area contributed by atoms with E-state index >= 15 is 0 Å². The average molecular weight is 251 g/mol. The van der Waals surface area contributed by atoms with Crippen molar-refractivity contribution in [1.82, 2.24) is 9.78 Å². The molecule has 0 aromatic carbocycles. The quantitative estimate of drug-likeness (QED) is 0.895. The van der Waals surface area contributed by atoms with Crippen LogP contribution in [0.4, 0.5) is 0 Å². The van der Waals surface area contributed by atoms with Gasteiger partial charge in [-0.1, -0.05) is 19.8 Å². The smallest absolute Gasteiger partial charge is 0.161 e.